The van der Waals surface area contributed by atoms with Gasteiger partial charge in [-0.05, 0) is 35.4 Å². The summed E-state index contributed by atoms with van der Waals surface area (Å²) >= 11 is 6.69. The lowest BCUT2D eigenvalue weighted by atomic mass is 10.2. The van der Waals surface area contributed by atoms with Crippen molar-refractivity contribution in [2.45, 2.75) is 6.54 Å². The summed E-state index contributed by atoms with van der Waals surface area (Å²) in [5, 5.41) is 14.4. The van der Waals surface area contributed by atoms with Gasteiger partial charge >= 0.3 is 0 Å². The molecule has 0 spiro atoms. The predicted molar refractivity (Wildman–Crippen MR) is 80.6 cm³/mol. The summed E-state index contributed by atoms with van der Waals surface area (Å²) < 4.78 is 2.08. The lowest BCUT2D eigenvalue weighted by Gasteiger charge is -2.05. The fraction of sp³-hybridized carbons (Fsp3) is 0.0769. The molecule has 3 rings (SSSR count). The molecule has 0 unspecified atom stereocenters. The second-order valence-corrected chi connectivity index (χ2v) is 5.77. The number of aromatic nitrogens is 4. The Hall–Kier alpha value is -2.25. The highest BCUT2D eigenvalue weighted by Crippen LogP contribution is 2.17. The molecule has 21 heavy (non-hydrogen) atoms. The van der Waals surface area contributed by atoms with Gasteiger partial charge in [-0.2, -0.15) is 5.10 Å². The van der Waals surface area contributed by atoms with Gasteiger partial charge in [0.1, 0.15) is 0 Å². The zero-order valence-electron chi connectivity index (χ0n) is 10.7. The average molecular weight is 320 g/mol. The fourth-order valence-electron chi connectivity index (χ4n) is 1.76. The minimum absolute atomic E-state index is 0.237. The third-order valence-corrected chi connectivity index (χ3v) is 3.73. The molecule has 0 aliphatic heterocycles. The van der Waals surface area contributed by atoms with E-state index < -0.39 is 0 Å². The SMILES string of the molecule is O=C(Nc1ccc(Cn2cccn2)cc1)c1nnc(Cl)s1. The van der Waals surface area contributed by atoms with Crippen molar-refractivity contribution in [3.63, 3.8) is 0 Å². The highest BCUT2D eigenvalue weighted by Gasteiger charge is 2.12. The Morgan fingerprint density at radius 3 is 2.71 bits per heavy atom. The molecule has 106 valence electrons. The third kappa shape index (κ3) is 3.45. The largest absolute Gasteiger partial charge is 0.320 e. The number of rotatable bonds is 4. The molecular weight excluding hydrogens is 310 g/mol. The summed E-state index contributed by atoms with van der Waals surface area (Å²) in [6, 6.07) is 9.41. The van der Waals surface area contributed by atoms with E-state index in [1.165, 1.54) is 0 Å². The molecule has 1 amide bonds. The second-order valence-electron chi connectivity index (χ2n) is 4.21. The first-order chi connectivity index (χ1) is 10.2. The van der Waals surface area contributed by atoms with E-state index in [2.05, 4.69) is 20.6 Å². The van der Waals surface area contributed by atoms with Crippen LogP contribution in [0.1, 0.15) is 15.4 Å². The van der Waals surface area contributed by atoms with Crippen molar-refractivity contribution in [2.24, 2.45) is 0 Å². The molecular formula is C13H10ClN5OS. The molecule has 0 aliphatic carbocycles. The minimum atomic E-state index is -0.320. The van der Waals surface area contributed by atoms with Gasteiger partial charge in [-0.1, -0.05) is 23.5 Å². The number of carbonyl (C=O) groups excluding carboxylic acids is 1. The van der Waals surface area contributed by atoms with Gasteiger partial charge < -0.3 is 5.32 Å². The van der Waals surface area contributed by atoms with Crippen molar-refractivity contribution in [1.82, 2.24) is 20.0 Å². The Kier molecular flexibility index (Phi) is 3.94. The Morgan fingerprint density at radius 1 is 1.29 bits per heavy atom. The second kappa shape index (κ2) is 6.02. The highest BCUT2D eigenvalue weighted by molar-refractivity contribution is 7.17. The molecule has 6 nitrogen and oxygen atoms in total. The molecule has 0 aliphatic rings. The molecule has 0 atom stereocenters. The quantitative estimate of drug-likeness (QED) is 0.802. The first kappa shape index (κ1) is 13.7. The van der Waals surface area contributed by atoms with Crippen LogP contribution < -0.4 is 5.32 Å². The molecule has 0 fully saturated rings. The van der Waals surface area contributed by atoms with E-state index in [1.807, 2.05) is 41.2 Å². The first-order valence-electron chi connectivity index (χ1n) is 6.07. The minimum Gasteiger partial charge on any atom is -0.320 e. The third-order valence-electron chi connectivity index (χ3n) is 2.71. The summed E-state index contributed by atoms with van der Waals surface area (Å²) in [6.07, 6.45) is 3.64. The molecule has 2 heterocycles. The van der Waals surface area contributed by atoms with Gasteiger partial charge in [-0.15, -0.1) is 10.2 Å². The van der Waals surface area contributed by atoms with E-state index in [9.17, 15) is 4.79 Å². The lowest BCUT2D eigenvalue weighted by molar-refractivity contribution is 0.102. The maximum atomic E-state index is 11.9. The van der Waals surface area contributed by atoms with Crippen LogP contribution >= 0.6 is 22.9 Å². The lowest BCUT2D eigenvalue weighted by Crippen LogP contribution is -2.11. The van der Waals surface area contributed by atoms with Gasteiger partial charge in [0.25, 0.3) is 5.91 Å². The number of halogens is 1. The Labute approximate surface area is 129 Å². The molecule has 1 aromatic carbocycles. The Bertz CT molecular complexity index is 738. The van der Waals surface area contributed by atoms with Gasteiger partial charge in [0.05, 0.1) is 6.54 Å². The van der Waals surface area contributed by atoms with Gasteiger partial charge in [-0.25, -0.2) is 0 Å². The molecule has 2 aromatic heterocycles. The van der Waals surface area contributed by atoms with Crippen LogP contribution in [-0.2, 0) is 6.54 Å². The molecule has 8 heteroatoms. The standard InChI is InChI=1S/C13H10ClN5OS/c14-13-18-17-12(21-13)11(20)16-10-4-2-9(3-5-10)8-19-7-1-6-15-19/h1-7H,8H2,(H,16,20). The summed E-state index contributed by atoms with van der Waals surface area (Å²) in [5.41, 5.74) is 1.78. The fourth-order valence-corrected chi connectivity index (χ4v) is 2.48. The Balaban J connectivity index is 1.65. The molecule has 0 saturated heterocycles. The monoisotopic (exact) mass is 319 g/mol. The zero-order chi connectivity index (χ0) is 14.7. The van der Waals surface area contributed by atoms with E-state index in [4.69, 9.17) is 11.6 Å². The summed E-state index contributed by atoms with van der Waals surface area (Å²) in [7, 11) is 0. The molecule has 0 bridgehead atoms. The molecule has 0 saturated carbocycles. The van der Waals surface area contributed by atoms with Crippen molar-refractivity contribution < 1.29 is 4.79 Å². The van der Waals surface area contributed by atoms with Crippen molar-refractivity contribution >= 4 is 34.5 Å². The number of benzene rings is 1. The van der Waals surface area contributed by atoms with Crippen LogP contribution in [0.25, 0.3) is 0 Å². The Morgan fingerprint density at radius 2 is 2.10 bits per heavy atom. The summed E-state index contributed by atoms with van der Waals surface area (Å²) in [4.78, 5) is 11.9. The van der Waals surface area contributed by atoms with Crippen molar-refractivity contribution in [2.75, 3.05) is 5.32 Å². The zero-order valence-corrected chi connectivity index (χ0v) is 12.3. The first-order valence-corrected chi connectivity index (χ1v) is 7.27. The smallest absolute Gasteiger partial charge is 0.286 e. The van der Waals surface area contributed by atoms with Gasteiger partial charge in [-0.3, -0.25) is 9.48 Å². The van der Waals surface area contributed by atoms with Crippen LogP contribution in [0.5, 0.6) is 0 Å². The normalized spacial score (nSPS) is 10.5. The number of carbonyl (C=O) groups is 1. The van der Waals surface area contributed by atoms with Gasteiger partial charge in [0.15, 0.2) is 0 Å². The van der Waals surface area contributed by atoms with Crippen LogP contribution in [0, 0.1) is 0 Å². The topological polar surface area (TPSA) is 72.7 Å². The summed E-state index contributed by atoms with van der Waals surface area (Å²) in [6.45, 7) is 0.688. The van der Waals surface area contributed by atoms with Gasteiger partial charge in [0.2, 0.25) is 9.47 Å². The van der Waals surface area contributed by atoms with E-state index in [1.54, 1.807) is 6.20 Å². The molecule has 3 aromatic rings. The average Bonchev–Trinajstić information content (AvgIpc) is 3.12. The number of nitrogens with one attached hydrogen (secondary N) is 1. The van der Waals surface area contributed by atoms with E-state index in [-0.39, 0.29) is 15.4 Å². The van der Waals surface area contributed by atoms with E-state index in [0.717, 1.165) is 16.9 Å². The van der Waals surface area contributed by atoms with Crippen LogP contribution in [0.2, 0.25) is 4.47 Å². The maximum absolute atomic E-state index is 11.9. The van der Waals surface area contributed by atoms with Crippen LogP contribution in [-0.4, -0.2) is 25.9 Å². The number of hydrogen-bond donors (Lipinski definition) is 1. The van der Waals surface area contributed by atoms with E-state index >= 15 is 0 Å². The number of anilines is 1. The van der Waals surface area contributed by atoms with Crippen LogP contribution in [0.15, 0.2) is 42.7 Å². The van der Waals surface area contributed by atoms with Crippen molar-refractivity contribution in [3.8, 4) is 0 Å². The number of hydrogen-bond acceptors (Lipinski definition) is 5. The van der Waals surface area contributed by atoms with Crippen molar-refractivity contribution in [1.29, 1.82) is 0 Å². The van der Waals surface area contributed by atoms with Crippen LogP contribution in [0.3, 0.4) is 0 Å². The summed E-state index contributed by atoms with van der Waals surface area (Å²) in [5.74, 6) is -0.320. The molecule has 1 N–H and O–H groups in total. The van der Waals surface area contributed by atoms with Gasteiger partial charge in [0, 0.05) is 18.1 Å². The van der Waals surface area contributed by atoms with E-state index in [0.29, 0.717) is 12.2 Å². The predicted octanol–water partition coefficient (Wildman–Crippen LogP) is 2.69. The molecule has 0 radical (unpaired) electrons. The number of amides is 1. The number of nitrogens with zero attached hydrogens (tertiary/aromatic N) is 4. The van der Waals surface area contributed by atoms with Crippen LogP contribution in [0.4, 0.5) is 5.69 Å². The maximum Gasteiger partial charge on any atom is 0.286 e. The highest BCUT2D eigenvalue weighted by atomic mass is 35.5. The van der Waals surface area contributed by atoms with Crippen molar-refractivity contribution in [3.05, 3.63) is 57.8 Å².